The van der Waals surface area contributed by atoms with Crippen molar-refractivity contribution in [3.63, 3.8) is 0 Å². The number of aliphatic hydroxyl groups excluding tert-OH is 1. The summed E-state index contributed by atoms with van der Waals surface area (Å²) < 4.78 is 0. The van der Waals surface area contributed by atoms with Crippen LogP contribution in [0.15, 0.2) is 42.5 Å². The van der Waals surface area contributed by atoms with Crippen LogP contribution in [-0.2, 0) is 11.2 Å². The van der Waals surface area contributed by atoms with E-state index in [2.05, 4.69) is 22.6 Å². The molecule has 0 fully saturated rings. The van der Waals surface area contributed by atoms with E-state index in [1.807, 2.05) is 27.7 Å². The molecule has 0 saturated carbocycles. The number of nitrogens with zero attached hydrogens (tertiary/aromatic N) is 2. The number of carbonyl (C=O) groups excluding carboxylic acids is 3. The number of rotatable bonds is 15. The fourth-order valence-electron chi connectivity index (χ4n) is 4.64. The lowest BCUT2D eigenvalue weighted by molar-refractivity contribution is -0.126. The van der Waals surface area contributed by atoms with E-state index < -0.39 is 18.1 Å². The Hall–Kier alpha value is -3.87. The second kappa shape index (κ2) is 17.2. The maximum Gasteiger partial charge on any atom is 0.253 e. The molecule has 2 atom stereocenters. The molecule has 0 aliphatic heterocycles. The van der Waals surface area contributed by atoms with Gasteiger partial charge in [-0.1, -0.05) is 45.7 Å². The maximum atomic E-state index is 13.6. The van der Waals surface area contributed by atoms with Gasteiger partial charge in [0.25, 0.3) is 11.8 Å². The van der Waals surface area contributed by atoms with Gasteiger partial charge in [0.05, 0.1) is 12.1 Å². The van der Waals surface area contributed by atoms with Crippen LogP contribution in [0.1, 0.15) is 85.7 Å². The molecular weight excluding hydrogens is 532 g/mol. The first kappa shape index (κ1) is 34.3. The summed E-state index contributed by atoms with van der Waals surface area (Å²) in [6, 6.07) is 10.7. The van der Waals surface area contributed by atoms with Crippen LogP contribution in [-0.4, -0.2) is 76.7 Å². The summed E-state index contributed by atoms with van der Waals surface area (Å²) in [6.45, 7) is 10.9. The van der Waals surface area contributed by atoms with Crippen molar-refractivity contribution in [3.05, 3.63) is 64.7 Å². The van der Waals surface area contributed by atoms with Crippen LogP contribution in [0.4, 0.5) is 0 Å². The zero-order valence-corrected chi connectivity index (χ0v) is 25.7. The summed E-state index contributed by atoms with van der Waals surface area (Å²) >= 11 is 0. The minimum absolute atomic E-state index is 0.0565. The molecule has 9 heteroatoms. The van der Waals surface area contributed by atoms with Gasteiger partial charge in [-0.25, -0.2) is 5.01 Å². The molecule has 9 nitrogen and oxygen atoms in total. The van der Waals surface area contributed by atoms with Gasteiger partial charge in [0.15, 0.2) is 0 Å². The third-order valence-corrected chi connectivity index (χ3v) is 6.53. The van der Waals surface area contributed by atoms with E-state index in [0.29, 0.717) is 30.6 Å². The second-order valence-corrected chi connectivity index (χ2v) is 11.0. The van der Waals surface area contributed by atoms with Gasteiger partial charge in [-0.05, 0) is 68.0 Å². The van der Waals surface area contributed by atoms with E-state index in [1.54, 1.807) is 61.3 Å². The summed E-state index contributed by atoms with van der Waals surface area (Å²) in [5.41, 5.74) is 4.73. The quantitative estimate of drug-likeness (QED) is 0.189. The Balaban J connectivity index is 2.36. The van der Waals surface area contributed by atoms with Crippen molar-refractivity contribution in [3.8, 4) is 17.6 Å². The topological polar surface area (TPSA) is 122 Å². The normalized spacial score (nSPS) is 12.3. The first-order chi connectivity index (χ1) is 20.0. The highest BCUT2D eigenvalue weighted by Crippen LogP contribution is 2.16. The average Bonchev–Trinajstić information content (AvgIpc) is 2.92. The lowest BCUT2D eigenvalue weighted by Gasteiger charge is -2.28. The van der Waals surface area contributed by atoms with E-state index >= 15 is 0 Å². The molecule has 0 aliphatic carbocycles. The van der Waals surface area contributed by atoms with Gasteiger partial charge in [-0.3, -0.25) is 19.8 Å². The summed E-state index contributed by atoms with van der Waals surface area (Å²) in [7, 11) is 1.66. The lowest BCUT2D eigenvalue weighted by atomic mass is 9.99. The molecule has 0 aliphatic rings. The van der Waals surface area contributed by atoms with Crippen molar-refractivity contribution in [1.29, 1.82) is 0 Å². The molecular formula is C33H46N4O5. The molecule has 0 radical (unpaired) electrons. The van der Waals surface area contributed by atoms with Crippen molar-refractivity contribution >= 4 is 17.7 Å². The Labute approximate surface area is 250 Å². The molecule has 0 bridgehead atoms. The number of aromatic hydroxyl groups is 1. The molecule has 2 aromatic rings. The maximum absolute atomic E-state index is 13.6. The monoisotopic (exact) mass is 578 g/mol. The van der Waals surface area contributed by atoms with Crippen LogP contribution in [0.5, 0.6) is 5.75 Å². The number of phenols is 1. The van der Waals surface area contributed by atoms with Crippen LogP contribution in [0, 0.1) is 17.8 Å². The van der Waals surface area contributed by atoms with E-state index in [0.717, 1.165) is 18.4 Å². The highest BCUT2D eigenvalue weighted by Gasteiger charge is 2.25. The molecule has 2 rings (SSSR count). The summed E-state index contributed by atoms with van der Waals surface area (Å²) in [6.07, 6.45) is 1.19. The molecule has 0 heterocycles. The molecule has 228 valence electrons. The zero-order valence-electron chi connectivity index (χ0n) is 25.7. The Morgan fingerprint density at radius 2 is 1.60 bits per heavy atom. The first-order valence-electron chi connectivity index (χ1n) is 14.6. The summed E-state index contributed by atoms with van der Waals surface area (Å²) in [5.74, 6) is 5.30. The van der Waals surface area contributed by atoms with Gasteiger partial charge in [0, 0.05) is 49.8 Å². The van der Waals surface area contributed by atoms with E-state index in [1.165, 1.54) is 5.01 Å². The largest absolute Gasteiger partial charge is 0.508 e. The van der Waals surface area contributed by atoms with E-state index in [9.17, 15) is 24.6 Å². The Kier molecular flexibility index (Phi) is 14.0. The summed E-state index contributed by atoms with van der Waals surface area (Å²) in [4.78, 5) is 41.0. The molecule has 4 N–H and O–H groups in total. The van der Waals surface area contributed by atoms with Gasteiger partial charge in [0.1, 0.15) is 5.75 Å². The Morgan fingerprint density at radius 1 is 0.976 bits per heavy atom. The molecule has 0 spiro atoms. The first-order valence-corrected chi connectivity index (χ1v) is 14.6. The standard InChI is InChI=1S/C33H46N4O5/c1-7-10-25-18-26(21-27(19-25)33(42)37(15-8-2)16-9-3)32(41)34-29(20-24-11-13-28(38)14-12-24)30(39)22-36(6)35-31(40)17-23(4)5/h11-14,18-19,21,23,29-30,38-39H,8-9,15-17,20,22H2,1-6H3,(H,34,41)(H,35,40). The van der Waals surface area contributed by atoms with Crippen LogP contribution in [0.2, 0.25) is 0 Å². The van der Waals surface area contributed by atoms with Crippen LogP contribution < -0.4 is 10.7 Å². The number of hydrazine groups is 1. The van der Waals surface area contributed by atoms with Gasteiger partial charge in [-0.15, -0.1) is 5.92 Å². The van der Waals surface area contributed by atoms with Gasteiger partial charge >= 0.3 is 0 Å². The Morgan fingerprint density at radius 3 is 2.17 bits per heavy atom. The van der Waals surface area contributed by atoms with Crippen molar-refractivity contribution < 1.29 is 24.6 Å². The van der Waals surface area contributed by atoms with Crippen LogP contribution >= 0.6 is 0 Å². The summed E-state index contributed by atoms with van der Waals surface area (Å²) in [5, 5.41) is 25.4. The van der Waals surface area contributed by atoms with Crippen molar-refractivity contribution in [1.82, 2.24) is 20.7 Å². The fourth-order valence-corrected chi connectivity index (χ4v) is 4.64. The third-order valence-electron chi connectivity index (χ3n) is 6.53. The highest BCUT2D eigenvalue weighted by molar-refractivity contribution is 6.00. The van der Waals surface area contributed by atoms with E-state index in [4.69, 9.17) is 0 Å². The van der Waals surface area contributed by atoms with Gasteiger partial charge < -0.3 is 20.4 Å². The SMILES string of the molecule is CC#Cc1cc(C(=O)NC(Cc2ccc(O)cc2)C(O)CN(C)NC(=O)CC(C)C)cc(C(=O)N(CCC)CCC)c1. The van der Waals surface area contributed by atoms with Crippen molar-refractivity contribution in [2.45, 2.75) is 72.4 Å². The molecule has 42 heavy (non-hydrogen) atoms. The molecule has 0 saturated heterocycles. The lowest BCUT2D eigenvalue weighted by Crippen LogP contribution is -2.52. The van der Waals surface area contributed by atoms with E-state index in [-0.39, 0.29) is 42.0 Å². The molecule has 2 unspecified atom stereocenters. The number of hydrogen-bond donors (Lipinski definition) is 4. The van der Waals surface area contributed by atoms with Crippen molar-refractivity contribution in [2.24, 2.45) is 5.92 Å². The third kappa shape index (κ3) is 11.2. The number of nitrogens with one attached hydrogen (secondary N) is 2. The van der Waals surface area contributed by atoms with Crippen molar-refractivity contribution in [2.75, 3.05) is 26.7 Å². The molecule has 2 aromatic carbocycles. The minimum Gasteiger partial charge on any atom is -0.508 e. The highest BCUT2D eigenvalue weighted by atomic mass is 16.3. The molecule has 3 amide bonds. The predicted octanol–water partition coefficient (Wildman–Crippen LogP) is 3.74. The number of likely N-dealkylation sites (N-methyl/N-ethyl adjacent to an activating group) is 1. The number of aliphatic hydroxyl groups is 1. The number of hydrogen-bond acceptors (Lipinski definition) is 6. The van der Waals surface area contributed by atoms with Crippen LogP contribution in [0.25, 0.3) is 0 Å². The Bertz CT molecular complexity index is 1240. The van der Waals surface area contributed by atoms with Crippen LogP contribution in [0.3, 0.4) is 0 Å². The van der Waals surface area contributed by atoms with Gasteiger partial charge in [0.2, 0.25) is 5.91 Å². The zero-order chi connectivity index (χ0) is 31.2. The number of amides is 3. The molecule has 0 aromatic heterocycles. The average molecular weight is 579 g/mol. The number of phenolic OH excluding ortho intramolecular Hbond substituents is 1. The predicted molar refractivity (Wildman–Crippen MR) is 165 cm³/mol. The number of carbonyl (C=O) groups is 3. The number of benzene rings is 2. The smallest absolute Gasteiger partial charge is 0.253 e. The van der Waals surface area contributed by atoms with Gasteiger partial charge in [-0.2, -0.15) is 0 Å². The minimum atomic E-state index is -1.06. The second-order valence-electron chi connectivity index (χ2n) is 11.0. The fraction of sp³-hybridized carbons (Fsp3) is 0.485.